The minimum Gasteiger partial charge on any atom is -0.379 e. The Morgan fingerprint density at radius 1 is 1.19 bits per heavy atom. The highest BCUT2D eigenvalue weighted by Crippen LogP contribution is 2.22. The lowest BCUT2D eigenvalue weighted by Gasteiger charge is -2.26. The summed E-state index contributed by atoms with van der Waals surface area (Å²) in [5.74, 6) is 0. The van der Waals surface area contributed by atoms with Gasteiger partial charge in [0.05, 0.1) is 18.9 Å². The largest absolute Gasteiger partial charge is 0.379 e. The number of hydrogen-bond acceptors (Lipinski definition) is 4. The van der Waals surface area contributed by atoms with Crippen LogP contribution in [0.1, 0.15) is 12.1 Å². The molecule has 3 aromatic rings. The summed E-state index contributed by atoms with van der Waals surface area (Å²) >= 11 is 6.06. The van der Waals surface area contributed by atoms with Crippen LogP contribution in [0.3, 0.4) is 0 Å². The lowest BCUT2D eigenvalue weighted by Crippen LogP contribution is -2.37. The van der Waals surface area contributed by atoms with Crippen LogP contribution in [0, 0.1) is 0 Å². The molecular weight excluding hydrogens is 352 g/mol. The van der Waals surface area contributed by atoms with E-state index in [4.69, 9.17) is 16.3 Å². The summed E-state index contributed by atoms with van der Waals surface area (Å²) in [5, 5.41) is 3.76. The quantitative estimate of drug-likeness (QED) is 0.747. The standard InChI is InChI=1S/C19H21ClN4O2/c20-15-4-1-3-14(11-15)17-13-18-21-16(12-19(25)24(18)22-17)5-2-6-23-7-9-26-10-8-23/h1,3-4,11-13,22H,2,5-10H2. The Morgan fingerprint density at radius 3 is 2.85 bits per heavy atom. The van der Waals surface area contributed by atoms with Crippen LogP contribution in [0.15, 0.2) is 41.2 Å². The lowest BCUT2D eigenvalue weighted by atomic mass is 10.1. The Bertz CT molecular complexity index is 960. The van der Waals surface area contributed by atoms with E-state index in [-0.39, 0.29) is 5.56 Å². The number of fused-ring (bicyclic) bond motifs is 1. The molecule has 6 nitrogen and oxygen atoms in total. The first-order valence-corrected chi connectivity index (χ1v) is 9.24. The van der Waals surface area contributed by atoms with Crippen LogP contribution >= 0.6 is 11.6 Å². The zero-order valence-corrected chi connectivity index (χ0v) is 15.2. The van der Waals surface area contributed by atoms with E-state index in [1.54, 1.807) is 6.07 Å². The number of halogens is 1. The second-order valence-electron chi connectivity index (χ2n) is 6.52. The molecule has 0 radical (unpaired) electrons. The molecule has 1 aliphatic rings. The smallest absolute Gasteiger partial charge is 0.272 e. The Labute approximate surface area is 156 Å². The van der Waals surface area contributed by atoms with Gasteiger partial charge in [-0.15, -0.1) is 0 Å². The third kappa shape index (κ3) is 3.82. The molecule has 1 N–H and O–H groups in total. The van der Waals surface area contributed by atoms with Crippen molar-refractivity contribution in [3.05, 3.63) is 57.5 Å². The van der Waals surface area contributed by atoms with E-state index in [2.05, 4.69) is 15.0 Å². The van der Waals surface area contributed by atoms with Crippen molar-refractivity contribution in [3.8, 4) is 11.3 Å². The topological polar surface area (TPSA) is 62.6 Å². The van der Waals surface area contributed by atoms with Gasteiger partial charge in [-0.1, -0.05) is 23.7 Å². The Morgan fingerprint density at radius 2 is 2.04 bits per heavy atom. The average Bonchev–Trinajstić information content (AvgIpc) is 3.08. The molecule has 1 aromatic carbocycles. The van der Waals surface area contributed by atoms with Gasteiger partial charge in [0.25, 0.3) is 5.56 Å². The molecule has 0 saturated carbocycles. The number of rotatable bonds is 5. The number of nitrogens with one attached hydrogen (secondary N) is 1. The lowest BCUT2D eigenvalue weighted by molar-refractivity contribution is 0.0374. The highest BCUT2D eigenvalue weighted by molar-refractivity contribution is 6.30. The van der Waals surface area contributed by atoms with Gasteiger partial charge >= 0.3 is 0 Å². The third-order valence-electron chi connectivity index (χ3n) is 4.65. The van der Waals surface area contributed by atoms with E-state index in [0.717, 1.165) is 62.6 Å². The van der Waals surface area contributed by atoms with Crippen LogP contribution in [0.4, 0.5) is 0 Å². The van der Waals surface area contributed by atoms with Crippen molar-refractivity contribution < 1.29 is 4.74 Å². The van der Waals surface area contributed by atoms with Crippen LogP contribution in [-0.2, 0) is 11.2 Å². The fourth-order valence-electron chi connectivity index (χ4n) is 3.28. The summed E-state index contributed by atoms with van der Waals surface area (Å²) in [6.45, 7) is 4.58. The fourth-order valence-corrected chi connectivity index (χ4v) is 3.47. The molecular formula is C19H21ClN4O2. The van der Waals surface area contributed by atoms with Gasteiger partial charge in [0.1, 0.15) is 0 Å². The molecule has 0 spiro atoms. The number of ether oxygens (including phenoxy) is 1. The van der Waals surface area contributed by atoms with E-state index in [9.17, 15) is 4.79 Å². The molecule has 3 heterocycles. The van der Waals surface area contributed by atoms with Crippen molar-refractivity contribution in [2.24, 2.45) is 0 Å². The van der Waals surface area contributed by atoms with Crippen molar-refractivity contribution in [1.82, 2.24) is 19.5 Å². The molecule has 0 amide bonds. The molecule has 4 rings (SSSR count). The number of benzene rings is 1. The first-order chi connectivity index (χ1) is 12.7. The second-order valence-corrected chi connectivity index (χ2v) is 6.95. The number of morpholine rings is 1. The number of hydrogen-bond donors (Lipinski definition) is 1. The van der Waals surface area contributed by atoms with Gasteiger partial charge in [-0.3, -0.25) is 14.8 Å². The van der Waals surface area contributed by atoms with E-state index in [0.29, 0.717) is 10.7 Å². The molecule has 0 unspecified atom stereocenters. The highest BCUT2D eigenvalue weighted by atomic mass is 35.5. The van der Waals surface area contributed by atoms with Crippen molar-refractivity contribution in [1.29, 1.82) is 0 Å². The predicted octanol–water partition coefficient (Wildman–Crippen LogP) is 2.61. The summed E-state index contributed by atoms with van der Waals surface area (Å²) in [6.07, 6.45) is 1.77. The van der Waals surface area contributed by atoms with Crippen LogP contribution in [0.2, 0.25) is 5.02 Å². The second kappa shape index (κ2) is 7.61. The molecule has 7 heteroatoms. The van der Waals surface area contributed by atoms with Gasteiger partial charge < -0.3 is 4.74 Å². The summed E-state index contributed by atoms with van der Waals surface area (Å²) in [5.41, 5.74) is 3.12. The Balaban J connectivity index is 1.51. The van der Waals surface area contributed by atoms with E-state index in [1.807, 2.05) is 30.3 Å². The van der Waals surface area contributed by atoms with Gasteiger partial charge in [0, 0.05) is 41.5 Å². The van der Waals surface area contributed by atoms with E-state index < -0.39 is 0 Å². The molecule has 1 saturated heterocycles. The van der Waals surface area contributed by atoms with Crippen molar-refractivity contribution >= 4 is 17.2 Å². The van der Waals surface area contributed by atoms with E-state index >= 15 is 0 Å². The number of nitrogens with zero attached hydrogens (tertiary/aromatic N) is 3. The van der Waals surface area contributed by atoms with Gasteiger partial charge in [-0.05, 0) is 31.5 Å². The Hall–Kier alpha value is -2.15. The van der Waals surface area contributed by atoms with Crippen molar-refractivity contribution in [3.63, 3.8) is 0 Å². The predicted molar refractivity (Wildman–Crippen MR) is 102 cm³/mol. The van der Waals surface area contributed by atoms with Crippen molar-refractivity contribution in [2.75, 3.05) is 32.8 Å². The van der Waals surface area contributed by atoms with E-state index in [1.165, 1.54) is 4.52 Å². The third-order valence-corrected chi connectivity index (χ3v) is 4.89. The molecule has 26 heavy (non-hydrogen) atoms. The summed E-state index contributed by atoms with van der Waals surface area (Å²) < 4.78 is 6.84. The number of aromatic nitrogens is 3. The number of aromatic amines is 1. The minimum absolute atomic E-state index is 0.0929. The molecule has 136 valence electrons. The van der Waals surface area contributed by atoms with Crippen LogP contribution in [-0.4, -0.2) is 52.3 Å². The summed E-state index contributed by atoms with van der Waals surface area (Å²) in [7, 11) is 0. The fraction of sp³-hybridized carbons (Fsp3) is 0.368. The average molecular weight is 373 g/mol. The molecule has 1 aliphatic heterocycles. The summed E-state index contributed by atoms with van der Waals surface area (Å²) in [6, 6.07) is 11.0. The van der Waals surface area contributed by atoms with Crippen LogP contribution < -0.4 is 5.56 Å². The number of aryl methyl sites for hydroxylation is 1. The zero-order chi connectivity index (χ0) is 17.9. The van der Waals surface area contributed by atoms with Gasteiger partial charge in [-0.2, -0.15) is 0 Å². The summed E-state index contributed by atoms with van der Waals surface area (Å²) in [4.78, 5) is 19.4. The molecule has 0 atom stereocenters. The minimum atomic E-state index is -0.0929. The van der Waals surface area contributed by atoms with Gasteiger partial charge in [0.2, 0.25) is 0 Å². The maximum atomic E-state index is 12.4. The first kappa shape index (κ1) is 17.3. The maximum Gasteiger partial charge on any atom is 0.272 e. The number of H-pyrrole nitrogens is 1. The van der Waals surface area contributed by atoms with Gasteiger partial charge in [0.15, 0.2) is 5.65 Å². The monoisotopic (exact) mass is 372 g/mol. The molecule has 0 aliphatic carbocycles. The normalized spacial score (nSPS) is 15.6. The molecule has 1 fully saturated rings. The SMILES string of the molecule is O=c1cc(CCCN2CCOCC2)nc2cc(-c3cccc(Cl)c3)[nH]n12. The first-order valence-electron chi connectivity index (χ1n) is 8.87. The Kier molecular flexibility index (Phi) is 5.06. The maximum absolute atomic E-state index is 12.4. The van der Waals surface area contributed by atoms with Crippen LogP contribution in [0.25, 0.3) is 16.9 Å². The molecule has 2 aromatic heterocycles. The molecule has 0 bridgehead atoms. The highest BCUT2D eigenvalue weighted by Gasteiger charge is 2.11. The van der Waals surface area contributed by atoms with Crippen LogP contribution in [0.5, 0.6) is 0 Å². The zero-order valence-electron chi connectivity index (χ0n) is 14.4. The van der Waals surface area contributed by atoms with Crippen molar-refractivity contribution in [2.45, 2.75) is 12.8 Å². The van der Waals surface area contributed by atoms with Gasteiger partial charge in [-0.25, -0.2) is 9.50 Å².